The van der Waals surface area contributed by atoms with Crippen LogP contribution in [0, 0.1) is 6.92 Å². The molecule has 0 spiro atoms. The van der Waals surface area contributed by atoms with Gasteiger partial charge in [-0.3, -0.25) is 9.59 Å². The number of rotatable bonds is 5. The van der Waals surface area contributed by atoms with Crippen molar-refractivity contribution in [3.63, 3.8) is 0 Å². The molecule has 0 saturated carbocycles. The van der Waals surface area contributed by atoms with Crippen molar-refractivity contribution in [2.75, 3.05) is 11.9 Å². The minimum atomic E-state index is -0.181. The number of nitrogens with one attached hydrogen (secondary N) is 1. The average molecular weight is 418 g/mol. The Kier molecular flexibility index (Phi) is 6.11. The van der Waals surface area contributed by atoms with E-state index in [9.17, 15) is 9.59 Å². The molecular formula is C24H27N5O2. The highest BCUT2D eigenvalue weighted by atomic mass is 16.2. The van der Waals surface area contributed by atoms with E-state index < -0.39 is 0 Å². The SMILES string of the molecule is Cc1cc(C(=O)N2CCCCC2C)ccc1NC(=O)c1ccc(Cn2cncn2)cc1. The fourth-order valence-electron chi connectivity index (χ4n) is 3.96. The average Bonchev–Trinajstić information content (AvgIpc) is 3.28. The molecule has 2 aromatic carbocycles. The number of carbonyl (C=O) groups is 2. The van der Waals surface area contributed by atoms with Gasteiger partial charge in [0.2, 0.25) is 0 Å². The highest BCUT2D eigenvalue weighted by molar-refractivity contribution is 6.05. The number of carbonyl (C=O) groups excluding carboxylic acids is 2. The number of hydrogen-bond donors (Lipinski definition) is 1. The van der Waals surface area contributed by atoms with Gasteiger partial charge in [-0.05, 0) is 74.6 Å². The van der Waals surface area contributed by atoms with Crippen LogP contribution in [0.15, 0.2) is 55.1 Å². The van der Waals surface area contributed by atoms with Crippen LogP contribution in [0.1, 0.15) is 58.0 Å². The van der Waals surface area contributed by atoms with Gasteiger partial charge in [0.25, 0.3) is 11.8 Å². The normalized spacial score (nSPS) is 16.2. The summed E-state index contributed by atoms with van der Waals surface area (Å²) in [7, 11) is 0. The van der Waals surface area contributed by atoms with Gasteiger partial charge in [-0.15, -0.1) is 0 Å². The molecule has 1 fully saturated rings. The molecule has 31 heavy (non-hydrogen) atoms. The monoisotopic (exact) mass is 417 g/mol. The topological polar surface area (TPSA) is 80.1 Å². The highest BCUT2D eigenvalue weighted by Gasteiger charge is 2.24. The molecule has 7 nitrogen and oxygen atoms in total. The van der Waals surface area contributed by atoms with Gasteiger partial charge in [0.1, 0.15) is 12.7 Å². The van der Waals surface area contributed by atoms with Gasteiger partial charge in [0.05, 0.1) is 6.54 Å². The maximum absolute atomic E-state index is 12.9. The molecule has 1 aliphatic rings. The molecule has 3 aromatic rings. The number of nitrogens with zero attached hydrogens (tertiary/aromatic N) is 4. The van der Waals surface area contributed by atoms with Crippen LogP contribution in [0.5, 0.6) is 0 Å². The summed E-state index contributed by atoms with van der Waals surface area (Å²) in [6, 6.07) is 13.2. The molecule has 1 unspecified atom stereocenters. The predicted molar refractivity (Wildman–Crippen MR) is 119 cm³/mol. The van der Waals surface area contributed by atoms with Crippen LogP contribution in [-0.4, -0.2) is 44.1 Å². The Morgan fingerprint density at radius 1 is 1.10 bits per heavy atom. The Morgan fingerprint density at radius 2 is 1.87 bits per heavy atom. The molecule has 1 aromatic heterocycles. The lowest BCUT2D eigenvalue weighted by Crippen LogP contribution is -2.42. The number of aromatic nitrogens is 3. The quantitative estimate of drug-likeness (QED) is 0.683. The number of hydrogen-bond acceptors (Lipinski definition) is 4. The summed E-state index contributed by atoms with van der Waals surface area (Å²) in [6.45, 7) is 5.43. The van der Waals surface area contributed by atoms with E-state index in [0.29, 0.717) is 23.4 Å². The zero-order valence-corrected chi connectivity index (χ0v) is 17.9. The predicted octanol–water partition coefficient (Wildman–Crippen LogP) is 3.90. The first-order valence-electron chi connectivity index (χ1n) is 10.7. The Morgan fingerprint density at radius 3 is 2.55 bits per heavy atom. The van der Waals surface area contributed by atoms with Gasteiger partial charge in [-0.2, -0.15) is 5.10 Å². The maximum Gasteiger partial charge on any atom is 0.255 e. The Hall–Kier alpha value is -3.48. The standard InChI is InChI=1S/C24H27N5O2/c1-17-13-21(24(31)29-12-4-3-5-18(29)2)10-11-22(17)27-23(30)20-8-6-19(7-9-20)14-28-16-25-15-26-28/h6-11,13,15-16,18H,3-5,12,14H2,1-2H3,(H,27,30). The van der Waals surface area contributed by atoms with Crippen LogP contribution in [0.25, 0.3) is 0 Å². The van der Waals surface area contributed by atoms with Gasteiger partial charge >= 0.3 is 0 Å². The zero-order chi connectivity index (χ0) is 21.8. The molecule has 4 rings (SSSR count). The third-order valence-electron chi connectivity index (χ3n) is 5.81. The third kappa shape index (κ3) is 4.82. The van der Waals surface area contributed by atoms with E-state index in [4.69, 9.17) is 0 Å². The smallest absolute Gasteiger partial charge is 0.255 e. The first-order chi connectivity index (χ1) is 15.0. The van der Waals surface area contributed by atoms with Crippen molar-refractivity contribution in [2.24, 2.45) is 0 Å². The molecule has 2 amide bonds. The minimum absolute atomic E-state index is 0.0659. The molecular weight excluding hydrogens is 390 g/mol. The number of aryl methyl sites for hydroxylation is 1. The van der Waals surface area contributed by atoms with E-state index in [2.05, 4.69) is 22.3 Å². The lowest BCUT2D eigenvalue weighted by Gasteiger charge is -2.33. The fourth-order valence-corrected chi connectivity index (χ4v) is 3.96. The second-order valence-corrected chi connectivity index (χ2v) is 8.12. The molecule has 7 heteroatoms. The number of anilines is 1. The van der Waals surface area contributed by atoms with Crippen molar-refractivity contribution in [1.82, 2.24) is 19.7 Å². The minimum Gasteiger partial charge on any atom is -0.336 e. The summed E-state index contributed by atoms with van der Waals surface area (Å²) in [4.78, 5) is 31.5. The largest absolute Gasteiger partial charge is 0.336 e. The van der Waals surface area contributed by atoms with E-state index in [1.807, 2.05) is 36.1 Å². The molecule has 1 atom stereocenters. The number of amides is 2. The Balaban J connectivity index is 1.41. The lowest BCUT2D eigenvalue weighted by molar-refractivity contribution is 0.0635. The maximum atomic E-state index is 12.9. The fraction of sp³-hybridized carbons (Fsp3) is 0.333. The van der Waals surface area contributed by atoms with Crippen LogP contribution >= 0.6 is 0 Å². The van der Waals surface area contributed by atoms with Crippen molar-refractivity contribution in [3.05, 3.63) is 77.4 Å². The van der Waals surface area contributed by atoms with Crippen molar-refractivity contribution < 1.29 is 9.59 Å². The van der Waals surface area contributed by atoms with Crippen molar-refractivity contribution >= 4 is 17.5 Å². The Bertz CT molecular complexity index is 1060. The number of benzene rings is 2. The number of piperidine rings is 1. The molecule has 1 aliphatic heterocycles. The Labute approximate surface area is 182 Å². The summed E-state index contributed by atoms with van der Waals surface area (Å²) in [6.07, 6.45) is 6.44. The van der Waals surface area contributed by atoms with Crippen molar-refractivity contribution in [3.8, 4) is 0 Å². The van der Waals surface area contributed by atoms with Crippen LogP contribution in [0.3, 0.4) is 0 Å². The first kappa shape index (κ1) is 20.8. The van der Waals surface area contributed by atoms with Crippen LogP contribution < -0.4 is 5.32 Å². The summed E-state index contributed by atoms with van der Waals surface area (Å²) in [5, 5.41) is 7.04. The zero-order valence-electron chi connectivity index (χ0n) is 17.9. The molecule has 0 radical (unpaired) electrons. The van der Waals surface area contributed by atoms with Gasteiger partial charge < -0.3 is 10.2 Å². The van der Waals surface area contributed by atoms with Gasteiger partial charge in [-0.25, -0.2) is 9.67 Å². The highest BCUT2D eigenvalue weighted by Crippen LogP contribution is 2.23. The first-order valence-corrected chi connectivity index (χ1v) is 10.7. The van der Waals surface area contributed by atoms with E-state index in [1.165, 1.54) is 12.7 Å². The van der Waals surface area contributed by atoms with E-state index in [0.717, 1.165) is 30.5 Å². The van der Waals surface area contributed by atoms with Crippen LogP contribution in [-0.2, 0) is 6.54 Å². The second kappa shape index (κ2) is 9.12. The van der Waals surface area contributed by atoms with E-state index >= 15 is 0 Å². The third-order valence-corrected chi connectivity index (χ3v) is 5.81. The molecule has 2 heterocycles. The van der Waals surface area contributed by atoms with Crippen molar-refractivity contribution in [2.45, 2.75) is 45.7 Å². The van der Waals surface area contributed by atoms with Gasteiger partial charge in [-0.1, -0.05) is 12.1 Å². The molecule has 0 bridgehead atoms. The summed E-state index contributed by atoms with van der Waals surface area (Å²) in [5.41, 5.74) is 3.85. The van der Waals surface area contributed by atoms with Crippen LogP contribution in [0.4, 0.5) is 5.69 Å². The molecule has 1 saturated heterocycles. The van der Waals surface area contributed by atoms with E-state index in [-0.39, 0.29) is 17.9 Å². The number of likely N-dealkylation sites (tertiary alicyclic amines) is 1. The lowest BCUT2D eigenvalue weighted by atomic mass is 10.0. The summed E-state index contributed by atoms with van der Waals surface area (Å²) in [5.74, 6) is -0.115. The second-order valence-electron chi connectivity index (χ2n) is 8.12. The van der Waals surface area contributed by atoms with Crippen LogP contribution in [0.2, 0.25) is 0 Å². The molecule has 160 valence electrons. The van der Waals surface area contributed by atoms with Gasteiger partial charge in [0, 0.05) is 29.4 Å². The molecule has 0 aliphatic carbocycles. The summed E-state index contributed by atoms with van der Waals surface area (Å²) >= 11 is 0. The van der Waals surface area contributed by atoms with E-state index in [1.54, 1.807) is 29.2 Å². The summed E-state index contributed by atoms with van der Waals surface area (Å²) < 4.78 is 1.73. The molecule has 1 N–H and O–H groups in total. The van der Waals surface area contributed by atoms with Gasteiger partial charge in [0.15, 0.2) is 0 Å². The van der Waals surface area contributed by atoms with Crippen molar-refractivity contribution in [1.29, 1.82) is 0 Å².